The minimum Gasteiger partial charge on any atom is -0.353 e. The number of nitrogens with one attached hydrogen (secondary N) is 2. The maximum absolute atomic E-state index is 12.2. The van der Waals surface area contributed by atoms with Gasteiger partial charge in [0.25, 0.3) is 0 Å². The third-order valence-electron chi connectivity index (χ3n) is 5.04. The quantitative estimate of drug-likeness (QED) is 0.836. The highest BCUT2D eigenvalue weighted by Gasteiger charge is 2.33. The Morgan fingerprint density at radius 3 is 2.35 bits per heavy atom. The third kappa shape index (κ3) is 5.22. The van der Waals surface area contributed by atoms with Gasteiger partial charge >= 0.3 is 0 Å². The zero-order valence-electron chi connectivity index (χ0n) is 14.0. The summed E-state index contributed by atoms with van der Waals surface area (Å²) in [5.74, 6) is 0.174. The number of carbonyl (C=O) groups excluding carboxylic acids is 1. The molecule has 2 atom stereocenters. The van der Waals surface area contributed by atoms with Gasteiger partial charge in [0.05, 0.1) is 6.42 Å². The Morgan fingerprint density at radius 2 is 1.74 bits per heavy atom. The number of unbranched alkanes of at least 4 members (excludes halogenated alkanes) is 1. The van der Waals surface area contributed by atoms with E-state index in [2.05, 4.69) is 41.8 Å². The molecule has 0 spiro atoms. The molecule has 2 N–H and O–H groups in total. The van der Waals surface area contributed by atoms with Gasteiger partial charge in [0.1, 0.15) is 0 Å². The van der Waals surface area contributed by atoms with Gasteiger partial charge in [-0.1, -0.05) is 37.6 Å². The fraction of sp³-hybridized carbons (Fsp3) is 0.632. The van der Waals surface area contributed by atoms with Crippen molar-refractivity contribution in [3.05, 3.63) is 35.4 Å². The molecule has 23 heavy (non-hydrogen) atoms. The average Bonchev–Trinajstić information content (AvgIpc) is 2.85. The summed E-state index contributed by atoms with van der Waals surface area (Å²) in [6.07, 6.45) is 8.84. The van der Waals surface area contributed by atoms with Crippen LogP contribution in [0.4, 0.5) is 0 Å². The van der Waals surface area contributed by atoms with Crippen molar-refractivity contribution in [3.63, 3.8) is 0 Å². The van der Waals surface area contributed by atoms with E-state index >= 15 is 0 Å². The van der Waals surface area contributed by atoms with Gasteiger partial charge in [-0.15, -0.1) is 12.4 Å². The SMILES string of the molecule is CCCCc1ccc(CC(=O)NC2CC3CCC(C2)N3)cc1.Cl. The minimum absolute atomic E-state index is 0. The molecule has 1 aromatic carbocycles. The third-order valence-corrected chi connectivity index (χ3v) is 5.04. The number of rotatable bonds is 6. The number of hydrogen-bond acceptors (Lipinski definition) is 2. The van der Waals surface area contributed by atoms with E-state index in [4.69, 9.17) is 0 Å². The highest BCUT2D eigenvalue weighted by Crippen LogP contribution is 2.26. The molecule has 2 aliphatic rings. The molecule has 2 aliphatic heterocycles. The monoisotopic (exact) mass is 336 g/mol. The van der Waals surface area contributed by atoms with Gasteiger partial charge in [-0.05, 0) is 49.7 Å². The van der Waals surface area contributed by atoms with Gasteiger partial charge in [-0.25, -0.2) is 0 Å². The molecular formula is C19H29ClN2O. The molecule has 2 bridgehead atoms. The lowest BCUT2D eigenvalue weighted by atomic mass is 9.99. The number of fused-ring (bicyclic) bond motifs is 2. The fourth-order valence-corrected chi connectivity index (χ4v) is 3.84. The van der Waals surface area contributed by atoms with E-state index in [1.165, 1.54) is 31.2 Å². The van der Waals surface area contributed by atoms with Crippen molar-refractivity contribution >= 4 is 18.3 Å². The second-order valence-corrected chi connectivity index (χ2v) is 6.97. The number of benzene rings is 1. The molecule has 1 amide bonds. The molecule has 2 unspecified atom stereocenters. The van der Waals surface area contributed by atoms with Gasteiger partial charge in [-0.2, -0.15) is 0 Å². The molecule has 4 heteroatoms. The van der Waals surface area contributed by atoms with Crippen LogP contribution in [0.25, 0.3) is 0 Å². The van der Waals surface area contributed by atoms with Crippen LogP contribution in [0.1, 0.15) is 56.6 Å². The molecule has 3 rings (SSSR count). The Kier molecular flexibility index (Phi) is 6.91. The molecule has 2 fully saturated rings. The van der Waals surface area contributed by atoms with E-state index in [0.717, 1.165) is 24.8 Å². The standard InChI is InChI=1S/C19H28N2O.ClH/c1-2-3-4-14-5-7-15(8-6-14)11-19(22)21-18-12-16-9-10-17(13-18)20-16;/h5-8,16-18,20H,2-4,9-13H2,1H3,(H,21,22);1H. The van der Waals surface area contributed by atoms with Gasteiger partial charge in [0.15, 0.2) is 0 Å². The van der Waals surface area contributed by atoms with E-state index in [1.54, 1.807) is 0 Å². The number of aryl methyl sites for hydroxylation is 1. The summed E-state index contributed by atoms with van der Waals surface area (Å²) < 4.78 is 0. The van der Waals surface area contributed by atoms with Crippen LogP contribution in [-0.4, -0.2) is 24.0 Å². The van der Waals surface area contributed by atoms with E-state index in [0.29, 0.717) is 24.5 Å². The lowest BCUT2D eigenvalue weighted by Gasteiger charge is -2.29. The van der Waals surface area contributed by atoms with Crippen molar-refractivity contribution in [1.82, 2.24) is 10.6 Å². The van der Waals surface area contributed by atoms with Crippen LogP contribution in [0.2, 0.25) is 0 Å². The normalized spacial score (nSPS) is 25.7. The first-order valence-corrected chi connectivity index (χ1v) is 8.86. The van der Waals surface area contributed by atoms with Crippen molar-refractivity contribution in [1.29, 1.82) is 0 Å². The molecule has 2 saturated heterocycles. The zero-order valence-corrected chi connectivity index (χ0v) is 14.8. The Morgan fingerprint density at radius 1 is 1.13 bits per heavy atom. The Hall–Kier alpha value is -1.06. The maximum atomic E-state index is 12.2. The Balaban J connectivity index is 0.00000192. The molecular weight excluding hydrogens is 308 g/mol. The van der Waals surface area contributed by atoms with Gasteiger partial charge in [0.2, 0.25) is 5.91 Å². The number of carbonyl (C=O) groups is 1. The van der Waals surface area contributed by atoms with Crippen molar-refractivity contribution in [2.75, 3.05) is 0 Å². The van der Waals surface area contributed by atoms with Crippen molar-refractivity contribution < 1.29 is 4.79 Å². The number of halogens is 1. The molecule has 0 saturated carbocycles. The molecule has 2 heterocycles. The Labute approximate surface area is 146 Å². The van der Waals surface area contributed by atoms with E-state index in [1.807, 2.05) is 0 Å². The van der Waals surface area contributed by atoms with Crippen LogP contribution >= 0.6 is 12.4 Å². The molecule has 1 aromatic rings. The molecule has 128 valence electrons. The first kappa shape index (κ1) is 18.3. The topological polar surface area (TPSA) is 41.1 Å². The first-order valence-electron chi connectivity index (χ1n) is 8.86. The van der Waals surface area contributed by atoms with Gasteiger partial charge < -0.3 is 10.6 Å². The van der Waals surface area contributed by atoms with Crippen molar-refractivity contribution in [2.45, 2.75) is 76.4 Å². The minimum atomic E-state index is 0. The van der Waals surface area contributed by atoms with Gasteiger partial charge in [0, 0.05) is 18.1 Å². The van der Waals surface area contributed by atoms with Crippen LogP contribution in [-0.2, 0) is 17.6 Å². The van der Waals surface area contributed by atoms with Crippen LogP contribution in [0, 0.1) is 0 Å². The summed E-state index contributed by atoms with van der Waals surface area (Å²) in [5.41, 5.74) is 2.50. The number of piperidine rings is 1. The molecule has 0 aromatic heterocycles. The number of amides is 1. The first-order chi connectivity index (χ1) is 10.7. The largest absolute Gasteiger partial charge is 0.353 e. The second-order valence-electron chi connectivity index (χ2n) is 6.97. The van der Waals surface area contributed by atoms with E-state index in [9.17, 15) is 4.79 Å². The summed E-state index contributed by atoms with van der Waals surface area (Å²) in [6, 6.07) is 10.2. The highest BCUT2D eigenvalue weighted by molar-refractivity contribution is 5.85. The highest BCUT2D eigenvalue weighted by atomic mass is 35.5. The predicted molar refractivity (Wildman–Crippen MR) is 97.1 cm³/mol. The predicted octanol–water partition coefficient (Wildman–Crippen LogP) is 3.39. The van der Waals surface area contributed by atoms with Crippen molar-refractivity contribution in [3.8, 4) is 0 Å². The maximum Gasteiger partial charge on any atom is 0.224 e. The molecule has 0 aliphatic carbocycles. The summed E-state index contributed by atoms with van der Waals surface area (Å²) in [5, 5.41) is 6.85. The zero-order chi connectivity index (χ0) is 15.4. The molecule has 3 nitrogen and oxygen atoms in total. The second kappa shape index (κ2) is 8.70. The lowest BCUT2D eigenvalue weighted by Crippen LogP contribution is -2.48. The summed E-state index contributed by atoms with van der Waals surface area (Å²) >= 11 is 0. The van der Waals surface area contributed by atoms with E-state index < -0.39 is 0 Å². The number of hydrogen-bond donors (Lipinski definition) is 2. The van der Waals surface area contributed by atoms with Crippen LogP contribution in [0.3, 0.4) is 0 Å². The average molecular weight is 337 g/mol. The van der Waals surface area contributed by atoms with Crippen LogP contribution < -0.4 is 10.6 Å². The van der Waals surface area contributed by atoms with E-state index in [-0.39, 0.29) is 18.3 Å². The van der Waals surface area contributed by atoms with Crippen LogP contribution in [0.15, 0.2) is 24.3 Å². The summed E-state index contributed by atoms with van der Waals surface area (Å²) in [6.45, 7) is 2.21. The fourth-order valence-electron chi connectivity index (χ4n) is 3.84. The van der Waals surface area contributed by atoms with Crippen LogP contribution in [0.5, 0.6) is 0 Å². The Bertz CT molecular complexity index is 491. The van der Waals surface area contributed by atoms with Gasteiger partial charge in [-0.3, -0.25) is 4.79 Å². The van der Waals surface area contributed by atoms with Crippen molar-refractivity contribution in [2.24, 2.45) is 0 Å². The summed E-state index contributed by atoms with van der Waals surface area (Å²) in [4.78, 5) is 12.2. The summed E-state index contributed by atoms with van der Waals surface area (Å²) in [7, 11) is 0. The lowest BCUT2D eigenvalue weighted by molar-refractivity contribution is -0.121. The molecule has 0 radical (unpaired) electrons. The smallest absolute Gasteiger partial charge is 0.224 e.